The summed E-state index contributed by atoms with van der Waals surface area (Å²) >= 11 is 3.87. The summed E-state index contributed by atoms with van der Waals surface area (Å²) in [4.78, 5) is 0. The summed E-state index contributed by atoms with van der Waals surface area (Å²) in [6.45, 7) is 2.05. The van der Waals surface area contributed by atoms with Gasteiger partial charge in [-0.1, -0.05) is 30.4 Å². The molecule has 84 valence electrons. The maximum absolute atomic E-state index is 5.92. The molecule has 0 saturated carbocycles. The number of nitrogens with two attached hydrogens (primary N) is 1. The van der Waals surface area contributed by atoms with Crippen molar-refractivity contribution in [1.82, 2.24) is 10.2 Å². The predicted molar refractivity (Wildman–Crippen MR) is 75.3 cm³/mol. The average molecular weight is 345 g/mol. The van der Waals surface area contributed by atoms with E-state index in [2.05, 4.69) is 51.8 Å². The largest absolute Gasteiger partial charge is 0.322 e. The molecule has 0 aliphatic rings. The van der Waals surface area contributed by atoms with Crippen LogP contribution in [0, 0.1) is 3.57 Å². The lowest BCUT2D eigenvalue weighted by molar-refractivity contribution is 0.683. The predicted octanol–water partition coefficient (Wildman–Crippen LogP) is 3.22. The van der Waals surface area contributed by atoms with Crippen LogP contribution >= 0.6 is 33.9 Å². The molecule has 0 amide bonds. The minimum absolute atomic E-state index is 0.00836. The minimum atomic E-state index is 0.00836. The molecule has 1 heterocycles. The lowest BCUT2D eigenvalue weighted by Crippen LogP contribution is -2.07. The Morgan fingerprint density at radius 2 is 2.25 bits per heavy atom. The Bertz CT molecular complexity index is 484. The third-order valence-electron chi connectivity index (χ3n) is 2.27. The Morgan fingerprint density at radius 3 is 2.94 bits per heavy atom. The van der Waals surface area contributed by atoms with Gasteiger partial charge in [-0.25, -0.2) is 0 Å². The van der Waals surface area contributed by atoms with Crippen LogP contribution in [0.25, 0.3) is 10.6 Å². The van der Waals surface area contributed by atoms with Crippen molar-refractivity contribution < 1.29 is 0 Å². The van der Waals surface area contributed by atoms with Gasteiger partial charge in [-0.15, -0.1) is 10.2 Å². The van der Waals surface area contributed by atoms with Gasteiger partial charge in [0, 0.05) is 9.13 Å². The highest BCUT2D eigenvalue weighted by molar-refractivity contribution is 14.1. The molecular weight excluding hydrogens is 333 g/mol. The number of benzene rings is 1. The highest BCUT2D eigenvalue weighted by Gasteiger charge is 2.11. The molecule has 0 bridgehead atoms. The van der Waals surface area contributed by atoms with Gasteiger partial charge < -0.3 is 5.73 Å². The topological polar surface area (TPSA) is 51.8 Å². The van der Waals surface area contributed by atoms with Crippen molar-refractivity contribution in [2.75, 3.05) is 0 Å². The highest BCUT2D eigenvalue weighted by Crippen LogP contribution is 2.27. The van der Waals surface area contributed by atoms with Crippen molar-refractivity contribution in [3.05, 3.63) is 32.8 Å². The Labute approximate surface area is 112 Å². The van der Waals surface area contributed by atoms with Gasteiger partial charge in [0.2, 0.25) is 0 Å². The smallest absolute Gasteiger partial charge is 0.147 e. The van der Waals surface area contributed by atoms with E-state index in [-0.39, 0.29) is 6.04 Å². The number of halogens is 1. The van der Waals surface area contributed by atoms with Gasteiger partial charge in [-0.2, -0.15) is 0 Å². The van der Waals surface area contributed by atoms with Gasteiger partial charge in [-0.3, -0.25) is 0 Å². The molecule has 0 aliphatic heterocycles. The molecule has 2 rings (SSSR count). The molecule has 2 aromatic rings. The van der Waals surface area contributed by atoms with E-state index >= 15 is 0 Å². The molecule has 2 N–H and O–H groups in total. The zero-order valence-corrected chi connectivity index (χ0v) is 11.8. The lowest BCUT2D eigenvalue weighted by Gasteiger charge is -2.00. The van der Waals surface area contributed by atoms with Gasteiger partial charge in [0.05, 0.1) is 6.04 Å². The van der Waals surface area contributed by atoms with Gasteiger partial charge in [0.15, 0.2) is 0 Å². The third-order valence-corrected chi connectivity index (χ3v) is 4.04. The van der Waals surface area contributed by atoms with E-state index in [0.29, 0.717) is 0 Å². The quantitative estimate of drug-likeness (QED) is 0.869. The van der Waals surface area contributed by atoms with E-state index in [1.165, 1.54) is 3.57 Å². The first kappa shape index (κ1) is 11.9. The molecule has 1 aromatic carbocycles. The number of nitrogens with zero attached hydrogens (tertiary/aromatic N) is 2. The fraction of sp³-hybridized carbons (Fsp3) is 0.273. The van der Waals surface area contributed by atoms with Gasteiger partial charge in [0.25, 0.3) is 0 Å². The van der Waals surface area contributed by atoms with Crippen LogP contribution in [0.3, 0.4) is 0 Å². The van der Waals surface area contributed by atoms with Gasteiger partial charge in [-0.05, 0) is 41.1 Å². The Balaban J connectivity index is 2.31. The van der Waals surface area contributed by atoms with Gasteiger partial charge in [0.1, 0.15) is 10.0 Å². The van der Waals surface area contributed by atoms with Crippen LogP contribution in [0.4, 0.5) is 0 Å². The molecule has 3 nitrogen and oxygen atoms in total. The van der Waals surface area contributed by atoms with E-state index in [1.807, 2.05) is 12.1 Å². The summed E-state index contributed by atoms with van der Waals surface area (Å²) in [6.07, 6.45) is 0.890. The summed E-state index contributed by atoms with van der Waals surface area (Å²) in [7, 11) is 0. The lowest BCUT2D eigenvalue weighted by atomic mass is 10.2. The maximum atomic E-state index is 5.92. The molecule has 0 fully saturated rings. The van der Waals surface area contributed by atoms with Crippen LogP contribution in [0.5, 0.6) is 0 Å². The second-order valence-corrected chi connectivity index (χ2v) is 5.73. The van der Waals surface area contributed by atoms with Crippen LogP contribution in [0.1, 0.15) is 24.4 Å². The van der Waals surface area contributed by atoms with Crippen molar-refractivity contribution in [1.29, 1.82) is 0 Å². The van der Waals surface area contributed by atoms with Crippen LogP contribution in [0.2, 0.25) is 0 Å². The number of hydrogen-bond donors (Lipinski definition) is 1. The molecular formula is C11H12IN3S. The third kappa shape index (κ3) is 2.58. The van der Waals surface area contributed by atoms with Crippen LogP contribution in [-0.4, -0.2) is 10.2 Å². The van der Waals surface area contributed by atoms with Crippen molar-refractivity contribution in [3.63, 3.8) is 0 Å². The van der Waals surface area contributed by atoms with E-state index in [4.69, 9.17) is 5.73 Å². The summed E-state index contributed by atoms with van der Waals surface area (Å²) in [6, 6.07) is 8.24. The molecule has 1 aromatic heterocycles. The molecule has 1 atom stereocenters. The van der Waals surface area contributed by atoms with Crippen molar-refractivity contribution in [2.24, 2.45) is 5.73 Å². The van der Waals surface area contributed by atoms with E-state index < -0.39 is 0 Å². The average Bonchev–Trinajstić information content (AvgIpc) is 2.77. The first-order valence-corrected chi connectivity index (χ1v) is 6.95. The summed E-state index contributed by atoms with van der Waals surface area (Å²) in [5, 5.41) is 10.2. The van der Waals surface area contributed by atoms with Crippen LogP contribution in [-0.2, 0) is 0 Å². The Hall–Kier alpha value is -0.530. The fourth-order valence-electron chi connectivity index (χ4n) is 1.30. The second-order valence-electron chi connectivity index (χ2n) is 3.47. The standard InChI is InChI=1S/C11H12IN3S/c1-2-9(13)11-15-14-10(16-11)7-4-3-5-8(12)6-7/h3-6,9H,2,13H2,1H3. The SMILES string of the molecule is CCC(N)c1nnc(-c2cccc(I)c2)s1. The van der Waals surface area contributed by atoms with Crippen molar-refractivity contribution in [2.45, 2.75) is 19.4 Å². The maximum Gasteiger partial charge on any atom is 0.147 e. The van der Waals surface area contributed by atoms with E-state index in [0.717, 1.165) is 22.0 Å². The molecule has 0 aliphatic carbocycles. The fourth-order valence-corrected chi connectivity index (χ4v) is 2.76. The first-order valence-electron chi connectivity index (χ1n) is 5.05. The van der Waals surface area contributed by atoms with E-state index in [9.17, 15) is 0 Å². The molecule has 16 heavy (non-hydrogen) atoms. The number of rotatable bonds is 3. The van der Waals surface area contributed by atoms with Crippen LogP contribution in [0.15, 0.2) is 24.3 Å². The van der Waals surface area contributed by atoms with Gasteiger partial charge >= 0.3 is 0 Å². The number of hydrogen-bond acceptors (Lipinski definition) is 4. The Kier molecular flexibility index (Phi) is 3.88. The minimum Gasteiger partial charge on any atom is -0.322 e. The summed E-state index contributed by atoms with van der Waals surface area (Å²) < 4.78 is 1.20. The van der Waals surface area contributed by atoms with Crippen molar-refractivity contribution in [3.8, 4) is 10.6 Å². The number of aromatic nitrogens is 2. The molecule has 5 heteroatoms. The second kappa shape index (κ2) is 5.20. The molecule has 0 saturated heterocycles. The molecule has 0 radical (unpaired) electrons. The zero-order chi connectivity index (χ0) is 11.5. The van der Waals surface area contributed by atoms with E-state index in [1.54, 1.807) is 11.3 Å². The summed E-state index contributed by atoms with van der Waals surface area (Å²) in [5.41, 5.74) is 7.03. The normalized spacial score (nSPS) is 12.7. The zero-order valence-electron chi connectivity index (χ0n) is 8.85. The molecule has 0 spiro atoms. The monoisotopic (exact) mass is 345 g/mol. The summed E-state index contributed by atoms with van der Waals surface area (Å²) in [5.74, 6) is 0. The first-order chi connectivity index (χ1) is 7.70. The Morgan fingerprint density at radius 1 is 1.44 bits per heavy atom. The highest BCUT2D eigenvalue weighted by atomic mass is 127. The van der Waals surface area contributed by atoms with Crippen molar-refractivity contribution >= 4 is 33.9 Å². The molecule has 1 unspecified atom stereocenters. The van der Waals surface area contributed by atoms with Crippen LogP contribution < -0.4 is 5.73 Å².